The molecule has 5 heteroatoms. The van der Waals surface area contributed by atoms with Crippen LogP contribution in [0.3, 0.4) is 0 Å². The molecule has 0 bridgehead atoms. The second kappa shape index (κ2) is 4.81. The molecule has 0 radical (unpaired) electrons. The third-order valence-electron chi connectivity index (χ3n) is 3.40. The second-order valence-electron chi connectivity index (χ2n) is 5.82. The van der Waals surface area contributed by atoms with E-state index in [1.54, 1.807) is 13.4 Å². The average Bonchev–Trinajstić information content (AvgIpc) is 2.65. The van der Waals surface area contributed by atoms with Crippen LogP contribution < -0.4 is 4.90 Å². The number of ether oxygens (including phenoxy) is 1. The molecule has 5 nitrogen and oxygen atoms in total. The van der Waals surface area contributed by atoms with Gasteiger partial charge in [-0.25, -0.2) is 9.97 Å². The van der Waals surface area contributed by atoms with Gasteiger partial charge in [-0.3, -0.25) is 0 Å². The summed E-state index contributed by atoms with van der Waals surface area (Å²) in [5, 5.41) is 10.2. The summed E-state index contributed by atoms with van der Waals surface area (Å²) in [4.78, 5) is 10.4. The molecular formula is C14H21N3O2. The standard InChI is InChI=1S/C14H21N3O2/c1-9-10(19-5)7-17(13(9)18)12-6-11(14(2,3)4)15-8-16-12/h6,8,13,18H,7H2,1-5H3. The molecule has 0 amide bonds. The Hall–Kier alpha value is -1.62. The highest BCUT2D eigenvalue weighted by Gasteiger charge is 2.31. The fourth-order valence-corrected chi connectivity index (χ4v) is 2.09. The number of aromatic nitrogens is 2. The van der Waals surface area contributed by atoms with Gasteiger partial charge >= 0.3 is 0 Å². The van der Waals surface area contributed by atoms with Crippen LogP contribution in [0, 0.1) is 0 Å². The van der Waals surface area contributed by atoms with Gasteiger partial charge < -0.3 is 14.7 Å². The zero-order valence-corrected chi connectivity index (χ0v) is 12.1. The molecule has 2 heterocycles. The monoisotopic (exact) mass is 263 g/mol. The van der Waals surface area contributed by atoms with Gasteiger partial charge in [0.1, 0.15) is 17.9 Å². The maximum Gasteiger partial charge on any atom is 0.154 e. The van der Waals surface area contributed by atoms with Crippen LogP contribution in [0.2, 0.25) is 0 Å². The lowest BCUT2D eigenvalue weighted by atomic mass is 9.92. The van der Waals surface area contributed by atoms with Gasteiger partial charge in [0.15, 0.2) is 6.23 Å². The predicted molar refractivity (Wildman–Crippen MR) is 73.8 cm³/mol. The van der Waals surface area contributed by atoms with Crippen molar-refractivity contribution >= 4 is 5.82 Å². The average molecular weight is 263 g/mol. The number of nitrogens with zero attached hydrogens (tertiary/aromatic N) is 3. The zero-order valence-electron chi connectivity index (χ0n) is 12.1. The van der Waals surface area contributed by atoms with Gasteiger partial charge in [0.05, 0.1) is 19.3 Å². The Bertz CT molecular complexity index is 506. The summed E-state index contributed by atoms with van der Waals surface area (Å²) in [6.07, 6.45) is 0.862. The smallest absolute Gasteiger partial charge is 0.154 e. The normalized spacial score (nSPS) is 20.1. The van der Waals surface area contributed by atoms with E-state index in [2.05, 4.69) is 30.7 Å². The molecule has 1 N–H and O–H groups in total. The lowest BCUT2D eigenvalue weighted by Gasteiger charge is -2.24. The Morgan fingerprint density at radius 1 is 1.37 bits per heavy atom. The number of anilines is 1. The topological polar surface area (TPSA) is 58.5 Å². The summed E-state index contributed by atoms with van der Waals surface area (Å²) in [6.45, 7) is 8.70. The molecule has 2 rings (SSSR count). The molecule has 0 aliphatic carbocycles. The predicted octanol–water partition coefficient (Wildman–Crippen LogP) is 1.83. The van der Waals surface area contributed by atoms with E-state index >= 15 is 0 Å². The number of rotatable bonds is 2. The van der Waals surface area contributed by atoms with Gasteiger partial charge in [-0.2, -0.15) is 0 Å². The number of hydrogen-bond donors (Lipinski definition) is 1. The first kappa shape index (κ1) is 13.8. The number of aliphatic hydroxyl groups is 1. The fraction of sp³-hybridized carbons (Fsp3) is 0.571. The van der Waals surface area contributed by atoms with Crippen LogP contribution >= 0.6 is 0 Å². The van der Waals surface area contributed by atoms with Gasteiger partial charge in [-0.15, -0.1) is 0 Å². The van der Waals surface area contributed by atoms with Gasteiger partial charge in [-0.05, 0) is 6.92 Å². The molecule has 0 spiro atoms. The molecule has 1 unspecified atom stereocenters. The van der Waals surface area contributed by atoms with E-state index < -0.39 is 6.23 Å². The number of methoxy groups -OCH3 is 1. The van der Waals surface area contributed by atoms with Gasteiger partial charge in [0.2, 0.25) is 0 Å². The van der Waals surface area contributed by atoms with Crippen molar-refractivity contribution in [2.75, 3.05) is 18.6 Å². The largest absolute Gasteiger partial charge is 0.499 e. The molecule has 0 saturated heterocycles. The van der Waals surface area contributed by atoms with Crippen molar-refractivity contribution in [2.24, 2.45) is 0 Å². The SMILES string of the molecule is COC1=C(C)C(O)N(c2cc(C(C)(C)C)ncn2)C1. The molecular weight excluding hydrogens is 242 g/mol. The van der Waals surface area contributed by atoms with E-state index in [0.29, 0.717) is 6.54 Å². The van der Waals surface area contributed by atoms with Crippen molar-refractivity contribution in [1.82, 2.24) is 9.97 Å². The molecule has 0 fully saturated rings. The van der Waals surface area contributed by atoms with E-state index in [1.165, 1.54) is 0 Å². The number of aliphatic hydroxyl groups excluding tert-OH is 1. The van der Waals surface area contributed by atoms with Crippen molar-refractivity contribution in [3.8, 4) is 0 Å². The molecule has 1 aromatic heterocycles. The maximum atomic E-state index is 10.2. The Morgan fingerprint density at radius 3 is 2.58 bits per heavy atom. The van der Waals surface area contributed by atoms with E-state index in [4.69, 9.17) is 4.74 Å². The first-order valence-corrected chi connectivity index (χ1v) is 6.35. The highest BCUT2D eigenvalue weighted by Crippen LogP contribution is 2.29. The van der Waals surface area contributed by atoms with E-state index in [9.17, 15) is 5.11 Å². The molecule has 1 aliphatic rings. The summed E-state index contributed by atoms with van der Waals surface area (Å²) in [5.41, 5.74) is 1.74. The third-order valence-corrected chi connectivity index (χ3v) is 3.40. The van der Waals surface area contributed by atoms with Crippen LogP contribution in [-0.4, -0.2) is 35.0 Å². The number of hydrogen-bond acceptors (Lipinski definition) is 5. The van der Waals surface area contributed by atoms with Crippen LogP contribution in [0.1, 0.15) is 33.4 Å². The van der Waals surface area contributed by atoms with Crippen molar-refractivity contribution in [2.45, 2.75) is 39.3 Å². The molecule has 104 valence electrons. The highest BCUT2D eigenvalue weighted by molar-refractivity contribution is 5.48. The van der Waals surface area contributed by atoms with E-state index in [1.807, 2.05) is 17.9 Å². The summed E-state index contributed by atoms with van der Waals surface area (Å²) >= 11 is 0. The van der Waals surface area contributed by atoms with E-state index in [0.717, 1.165) is 22.8 Å². The minimum atomic E-state index is -0.683. The Balaban J connectivity index is 2.30. The Morgan fingerprint density at radius 2 is 2.05 bits per heavy atom. The molecule has 1 aromatic rings. The lowest BCUT2D eigenvalue weighted by Crippen LogP contribution is -2.32. The van der Waals surface area contributed by atoms with Gasteiger partial charge in [-0.1, -0.05) is 20.8 Å². The van der Waals surface area contributed by atoms with Crippen molar-refractivity contribution in [1.29, 1.82) is 0 Å². The minimum absolute atomic E-state index is 0.0467. The zero-order chi connectivity index (χ0) is 14.2. The molecule has 19 heavy (non-hydrogen) atoms. The van der Waals surface area contributed by atoms with Gasteiger partial charge in [0.25, 0.3) is 0 Å². The highest BCUT2D eigenvalue weighted by atomic mass is 16.5. The van der Waals surface area contributed by atoms with Crippen LogP contribution in [0.25, 0.3) is 0 Å². The summed E-state index contributed by atoms with van der Waals surface area (Å²) in [6, 6.07) is 1.93. The summed E-state index contributed by atoms with van der Waals surface area (Å²) < 4.78 is 5.28. The van der Waals surface area contributed by atoms with Crippen LogP contribution in [-0.2, 0) is 10.2 Å². The van der Waals surface area contributed by atoms with Crippen LogP contribution in [0.5, 0.6) is 0 Å². The molecule has 1 atom stereocenters. The van der Waals surface area contributed by atoms with Crippen LogP contribution in [0.4, 0.5) is 5.82 Å². The molecule has 0 saturated carbocycles. The first-order valence-electron chi connectivity index (χ1n) is 6.35. The lowest BCUT2D eigenvalue weighted by molar-refractivity contribution is 0.214. The Kier molecular flexibility index (Phi) is 3.49. The summed E-state index contributed by atoms with van der Waals surface area (Å²) in [5.74, 6) is 1.52. The van der Waals surface area contributed by atoms with Crippen molar-refractivity contribution < 1.29 is 9.84 Å². The fourth-order valence-electron chi connectivity index (χ4n) is 2.09. The second-order valence-corrected chi connectivity index (χ2v) is 5.82. The first-order chi connectivity index (χ1) is 8.84. The maximum absolute atomic E-state index is 10.2. The third kappa shape index (κ3) is 2.56. The minimum Gasteiger partial charge on any atom is -0.499 e. The molecule has 1 aliphatic heterocycles. The quantitative estimate of drug-likeness (QED) is 0.882. The van der Waals surface area contributed by atoms with Crippen LogP contribution in [0.15, 0.2) is 23.7 Å². The summed E-state index contributed by atoms with van der Waals surface area (Å²) in [7, 11) is 1.62. The molecule has 0 aromatic carbocycles. The van der Waals surface area contributed by atoms with Crippen molar-refractivity contribution in [3.05, 3.63) is 29.4 Å². The van der Waals surface area contributed by atoms with Crippen molar-refractivity contribution in [3.63, 3.8) is 0 Å². The van der Waals surface area contributed by atoms with Gasteiger partial charge in [0, 0.05) is 17.1 Å². The Labute approximate surface area is 113 Å². The van der Waals surface area contributed by atoms with E-state index in [-0.39, 0.29) is 5.41 Å².